The van der Waals surface area contributed by atoms with Crippen molar-refractivity contribution in [3.05, 3.63) is 122 Å². The van der Waals surface area contributed by atoms with Crippen LogP contribution in [-0.4, -0.2) is 6.88 Å². The molecule has 34 heavy (non-hydrogen) atoms. The predicted molar refractivity (Wildman–Crippen MR) is 157 cm³/mol. The predicted octanol–water partition coefficient (Wildman–Crippen LogP) is 8.54. The second kappa shape index (κ2) is 20.3. The third-order valence-electron chi connectivity index (χ3n) is 5.16. The van der Waals surface area contributed by atoms with Crippen LogP contribution in [0, 0.1) is 38.8 Å². The van der Waals surface area contributed by atoms with E-state index in [4.69, 9.17) is 0 Å². The molecule has 2 aliphatic carbocycles. The van der Waals surface area contributed by atoms with E-state index in [1.165, 1.54) is 33.4 Å². The Bertz CT molecular complexity index is 849. The normalized spacial score (nSPS) is 13.0. The fourth-order valence-electron chi connectivity index (χ4n) is 3.39. The Morgan fingerprint density at radius 3 is 1.15 bits per heavy atom. The van der Waals surface area contributed by atoms with Gasteiger partial charge in [-0.15, -0.1) is 48.8 Å². The molecular formula is C30H40Cl2SiZr-4. The molecule has 2 aliphatic rings. The number of benzene rings is 2. The van der Waals surface area contributed by atoms with Crippen LogP contribution in [0.1, 0.15) is 51.7 Å². The van der Waals surface area contributed by atoms with Crippen molar-refractivity contribution in [3.63, 3.8) is 0 Å². The summed E-state index contributed by atoms with van der Waals surface area (Å²) in [5.41, 5.74) is 8.16. The Hall–Kier alpha value is -0.920. The van der Waals surface area contributed by atoms with Crippen molar-refractivity contribution in [2.45, 2.75) is 40.5 Å². The summed E-state index contributed by atoms with van der Waals surface area (Å²) in [5, 5.41) is 0. The molecular weight excluding hydrogens is 551 g/mol. The molecule has 0 aromatic heterocycles. The molecule has 0 atom stereocenters. The Morgan fingerprint density at radius 2 is 0.912 bits per heavy atom. The number of hydrogen-bond acceptors (Lipinski definition) is 0. The Labute approximate surface area is 239 Å². The minimum absolute atomic E-state index is 0. The second-order valence-electron chi connectivity index (χ2n) is 8.00. The first-order valence-corrected chi connectivity index (χ1v) is 16.6. The molecule has 0 bridgehead atoms. The van der Waals surface area contributed by atoms with Crippen LogP contribution in [0.4, 0.5) is 0 Å². The van der Waals surface area contributed by atoms with Crippen molar-refractivity contribution in [2.75, 3.05) is 0 Å². The number of halogens is 2. The standard InChI is InChI=1S/2C14H15.2CH3.2ClH.H2Si.Zr/c2*1-11(2)13-8-9-14(10-13)12-6-4-3-5-7-12;;;;;;/h2*3-7,10-11H,9H2,1-2H3;2*1H3;2*1H;1H2;/q4*-1;;;;. The van der Waals surface area contributed by atoms with Crippen LogP contribution in [0.25, 0.3) is 11.1 Å². The Kier molecular flexibility index (Phi) is 22.5. The van der Waals surface area contributed by atoms with Crippen LogP contribution < -0.4 is 0 Å². The first-order valence-electron chi connectivity index (χ1n) is 10.6. The molecule has 0 spiro atoms. The number of allylic oxidation sites excluding steroid dienone is 8. The fraction of sp³-hybridized carbons (Fsp3) is 0.267. The molecule has 2 aromatic rings. The first kappa shape index (κ1) is 37.6. The molecule has 0 N–H and O–H groups in total. The van der Waals surface area contributed by atoms with E-state index in [1.54, 1.807) is 23.3 Å². The van der Waals surface area contributed by atoms with E-state index in [-0.39, 0.29) is 39.7 Å². The van der Waals surface area contributed by atoms with Crippen LogP contribution >= 0.6 is 24.8 Å². The summed E-state index contributed by atoms with van der Waals surface area (Å²) >= 11 is 1.58. The molecule has 0 saturated heterocycles. The van der Waals surface area contributed by atoms with Gasteiger partial charge in [0.05, 0.1) is 0 Å². The minimum atomic E-state index is 0. The van der Waals surface area contributed by atoms with E-state index in [0.29, 0.717) is 11.8 Å². The number of rotatable bonds is 4. The van der Waals surface area contributed by atoms with E-state index in [9.17, 15) is 0 Å². The van der Waals surface area contributed by atoms with E-state index >= 15 is 0 Å². The molecule has 0 fully saturated rings. The first-order chi connectivity index (χ1) is 14.5. The third-order valence-corrected chi connectivity index (χ3v) is 5.16. The molecule has 0 unspecified atom stereocenters. The summed E-state index contributed by atoms with van der Waals surface area (Å²) in [7, 11) is 0. The summed E-state index contributed by atoms with van der Waals surface area (Å²) < 4.78 is 0. The van der Waals surface area contributed by atoms with Gasteiger partial charge in [-0.25, -0.2) is 23.3 Å². The average Bonchev–Trinajstić information content (AvgIpc) is 3.47. The zero-order valence-corrected chi connectivity index (χ0v) is 27.0. The van der Waals surface area contributed by atoms with Crippen LogP contribution in [0.5, 0.6) is 0 Å². The van der Waals surface area contributed by atoms with Gasteiger partial charge in [-0.1, -0.05) is 100 Å². The quantitative estimate of drug-likeness (QED) is 0.247. The summed E-state index contributed by atoms with van der Waals surface area (Å²) in [4.78, 5) is 0. The van der Waals surface area contributed by atoms with Gasteiger partial charge in [0.2, 0.25) is 0 Å². The summed E-state index contributed by atoms with van der Waals surface area (Å²) in [5.74, 6) is 1.19. The topological polar surface area (TPSA) is 0 Å². The van der Waals surface area contributed by atoms with Crippen molar-refractivity contribution in [1.29, 1.82) is 0 Å². The van der Waals surface area contributed by atoms with Crippen LogP contribution in [0.3, 0.4) is 0 Å². The van der Waals surface area contributed by atoms with Crippen molar-refractivity contribution < 1.29 is 23.3 Å². The van der Waals surface area contributed by atoms with Gasteiger partial charge in [0.15, 0.2) is 0 Å². The summed E-state index contributed by atoms with van der Waals surface area (Å²) in [6.45, 7) is 10.8. The van der Waals surface area contributed by atoms with Crippen molar-refractivity contribution >= 4 is 42.8 Å². The Balaban J connectivity index is -0.000000475. The van der Waals surface area contributed by atoms with Gasteiger partial charge in [0.1, 0.15) is 0 Å². The van der Waals surface area contributed by atoms with Gasteiger partial charge >= 0.3 is 30.2 Å². The Morgan fingerprint density at radius 1 is 0.618 bits per heavy atom. The molecule has 0 heterocycles. The SMILES string of the molecule is CC(C)C1=[C-]CC(c2ccccc2)=C1.CC(C)C1=[C-]CC(c2ccccc2)=C1.Cl.Cl.[CH3-].[CH3-].[SiH2]=[Zr]. The summed E-state index contributed by atoms with van der Waals surface area (Å²) in [6, 6.07) is 21.1. The van der Waals surface area contributed by atoms with Crippen molar-refractivity contribution in [2.24, 2.45) is 11.8 Å². The average molecular weight is 591 g/mol. The zero-order valence-electron chi connectivity index (χ0n) is 21.5. The van der Waals surface area contributed by atoms with Crippen molar-refractivity contribution in [1.82, 2.24) is 0 Å². The van der Waals surface area contributed by atoms with Gasteiger partial charge in [-0.2, -0.15) is 0 Å². The van der Waals surface area contributed by atoms with Crippen LogP contribution in [-0.2, 0) is 23.3 Å². The van der Waals surface area contributed by atoms with E-state index < -0.39 is 0 Å². The fourth-order valence-corrected chi connectivity index (χ4v) is 3.39. The molecule has 186 valence electrons. The number of hydrogen-bond donors (Lipinski definition) is 0. The molecule has 4 rings (SSSR count). The summed E-state index contributed by atoms with van der Waals surface area (Å²) in [6.07, 6.45) is 13.4. The molecule has 0 nitrogen and oxygen atoms in total. The molecule has 0 saturated carbocycles. The van der Waals surface area contributed by atoms with Crippen LogP contribution in [0.2, 0.25) is 0 Å². The van der Waals surface area contributed by atoms with Gasteiger partial charge in [-0.05, 0) is 11.1 Å². The third kappa shape index (κ3) is 11.7. The maximum absolute atomic E-state index is 3.43. The van der Waals surface area contributed by atoms with E-state index in [2.05, 4.69) is 113 Å². The molecule has 4 heteroatoms. The zero-order chi connectivity index (χ0) is 21.9. The maximum atomic E-state index is 3.43. The van der Waals surface area contributed by atoms with E-state index in [0.717, 1.165) is 12.8 Å². The van der Waals surface area contributed by atoms with Gasteiger partial charge in [-0.3, -0.25) is 12.2 Å². The van der Waals surface area contributed by atoms with Gasteiger partial charge in [0.25, 0.3) is 0 Å². The van der Waals surface area contributed by atoms with Crippen molar-refractivity contribution in [3.8, 4) is 0 Å². The second-order valence-corrected chi connectivity index (χ2v) is 8.00. The van der Waals surface area contributed by atoms with Gasteiger partial charge < -0.3 is 14.9 Å². The monoisotopic (exact) mass is 588 g/mol. The molecule has 2 aromatic carbocycles. The van der Waals surface area contributed by atoms with Crippen LogP contribution in [0.15, 0.2) is 84.0 Å². The molecule has 0 radical (unpaired) electrons. The molecule has 0 aliphatic heterocycles. The van der Waals surface area contributed by atoms with Gasteiger partial charge in [0, 0.05) is 0 Å². The van der Waals surface area contributed by atoms with E-state index in [1.807, 2.05) is 6.88 Å². The molecule has 0 amide bonds.